The summed E-state index contributed by atoms with van der Waals surface area (Å²) in [6, 6.07) is 9.09. The third kappa shape index (κ3) is 3.30. The van der Waals surface area contributed by atoms with E-state index >= 15 is 0 Å². The zero-order valence-electron chi connectivity index (χ0n) is 12.8. The van der Waals surface area contributed by atoms with Crippen LogP contribution in [-0.4, -0.2) is 20.7 Å². The number of hydrogen-bond acceptors (Lipinski definition) is 4. The van der Waals surface area contributed by atoms with Crippen molar-refractivity contribution in [2.75, 3.05) is 5.75 Å². The molecule has 112 valence electrons. The van der Waals surface area contributed by atoms with Crippen LogP contribution < -0.4 is 5.32 Å². The van der Waals surface area contributed by atoms with E-state index in [-0.39, 0.29) is 5.54 Å². The van der Waals surface area contributed by atoms with Crippen molar-refractivity contribution in [1.82, 2.24) is 20.3 Å². The zero-order chi connectivity index (χ0) is 14.9. The SMILES string of the molecule is CC(C)(C)n1cc(CNC2CCSc3ccccc32)nn1. The largest absolute Gasteiger partial charge is 0.304 e. The normalized spacial score (nSPS) is 18.5. The fourth-order valence-electron chi connectivity index (χ4n) is 2.49. The number of benzene rings is 1. The molecular formula is C16H22N4S. The molecule has 1 aromatic heterocycles. The summed E-state index contributed by atoms with van der Waals surface area (Å²) in [6.45, 7) is 7.16. The van der Waals surface area contributed by atoms with Crippen molar-refractivity contribution in [3.63, 3.8) is 0 Å². The third-order valence-corrected chi connectivity index (χ3v) is 4.84. The summed E-state index contributed by atoms with van der Waals surface area (Å²) in [5.41, 5.74) is 2.40. The number of thioether (sulfide) groups is 1. The van der Waals surface area contributed by atoms with Crippen LogP contribution in [0, 0.1) is 0 Å². The molecule has 1 N–H and O–H groups in total. The van der Waals surface area contributed by atoms with E-state index in [9.17, 15) is 0 Å². The molecule has 1 aliphatic heterocycles. The molecule has 3 rings (SSSR count). The smallest absolute Gasteiger partial charge is 0.0965 e. The van der Waals surface area contributed by atoms with E-state index in [0.717, 1.165) is 18.7 Å². The fraction of sp³-hybridized carbons (Fsp3) is 0.500. The third-order valence-electron chi connectivity index (χ3n) is 3.72. The van der Waals surface area contributed by atoms with Crippen molar-refractivity contribution >= 4 is 11.8 Å². The minimum atomic E-state index is -0.0146. The Balaban J connectivity index is 1.68. The minimum absolute atomic E-state index is 0.0146. The summed E-state index contributed by atoms with van der Waals surface area (Å²) in [5.74, 6) is 1.17. The molecule has 2 heterocycles. The van der Waals surface area contributed by atoms with E-state index in [2.05, 4.69) is 60.7 Å². The lowest BCUT2D eigenvalue weighted by molar-refractivity contribution is 0.346. The van der Waals surface area contributed by atoms with E-state index in [1.54, 1.807) is 0 Å². The van der Waals surface area contributed by atoms with Crippen molar-refractivity contribution in [2.24, 2.45) is 0 Å². The summed E-state index contributed by atoms with van der Waals surface area (Å²) in [4.78, 5) is 1.40. The number of hydrogen-bond donors (Lipinski definition) is 1. The first-order valence-corrected chi connectivity index (χ1v) is 8.39. The van der Waals surface area contributed by atoms with E-state index in [0.29, 0.717) is 6.04 Å². The molecule has 1 aliphatic rings. The van der Waals surface area contributed by atoms with Gasteiger partial charge in [-0.3, -0.25) is 0 Å². The van der Waals surface area contributed by atoms with Gasteiger partial charge in [-0.2, -0.15) is 0 Å². The average Bonchev–Trinajstić information content (AvgIpc) is 2.94. The van der Waals surface area contributed by atoms with Crippen molar-refractivity contribution < 1.29 is 0 Å². The van der Waals surface area contributed by atoms with Crippen LogP contribution in [0.2, 0.25) is 0 Å². The molecule has 0 bridgehead atoms. The first-order chi connectivity index (χ1) is 10.0. The van der Waals surface area contributed by atoms with Gasteiger partial charge < -0.3 is 5.32 Å². The summed E-state index contributed by atoms with van der Waals surface area (Å²) in [7, 11) is 0. The van der Waals surface area contributed by atoms with Crippen molar-refractivity contribution in [1.29, 1.82) is 0 Å². The Morgan fingerprint density at radius 2 is 2.14 bits per heavy atom. The fourth-order valence-corrected chi connectivity index (χ4v) is 3.61. The first-order valence-electron chi connectivity index (χ1n) is 7.41. The molecular weight excluding hydrogens is 280 g/mol. The van der Waals surface area contributed by atoms with Gasteiger partial charge >= 0.3 is 0 Å². The topological polar surface area (TPSA) is 42.7 Å². The quantitative estimate of drug-likeness (QED) is 0.944. The van der Waals surface area contributed by atoms with Crippen LogP contribution in [-0.2, 0) is 12.1 Å². The second kappa shape index (κ2) is 5.81. The van der Waals surface area contributed by atoms with Gasteiger partial charge in [0.15, 0.2) is 0 Å². The highest BCUT2D eigenvalue weighted by Crippen LogP contribution is 2.35. The number of nitrogens with one attached hydrogen (secondary N) is 1. The second-order valence-electron chi connectivity index (χ2n) is 6.43. The average molecular weight is 302 g/mol. The summed E-state index contributed by atoms with van der Waals surface area (Å²) in [5, 5.41) is 12.1. The Morgan fingerprint density at radius 3 is 2.90 bits per heavy atom. The lowest BCUT2D eigenvalue weighted by atomic mass is 10.0. The van der Waals surface area contributed by atoms with Crippen LogP contribution in [0.1, 0.15) is 44.5 Å². The van der Waals surface area contributed by atoms with Crippen molar-refractivity contribution in [3.05, 3.63) is 41.7 Å². The highest BCUT2D eigenvalue weighted by molar-refractivity contribution is 7.99. The molecule has 2 aromatic rings. The predicted octanol–water partition coefficient (Wildman–Crippen LogP) is 3.36. The Kier molecular flexibility index (Phi) is 4.04. The molecule has 0 radical (unpaired) electrons. The molecule has 1 atom stereocenters. The van der Waals surface area contributed by atoms with Gasteiger partial charge in [-0.05, 0) is 44.6 Å². The molecule has 0 fully saturated rings. The summed E-state index contributed by atoms with van der Waals surface area (Å²) < 4.78 is 1.93. The van der Waals surface area contributed by atoms with Gasteiger partial charge in [0.25, 0.3) is 0 Å². The van der Waals surface area contributed by atoms with E-state index in [4.69, 9.17) is 0 Å². The Morgan fingerprint density at radius 1 is 1.33 bits per heavy atom. The van der Waals surface area contributed by atoms with E-state index < -0.39 is 0 Å². The second-order valence-corrected chi connectivity index (χ2v) is 7.57. The van der Waals surface area contributed by atoms with Gasteiger partial charge in [0.1, 0.15) is 0 Å². The van der Waals surface area contributed by atoms with Gasteiger partial charge in [0, 0.05) is 17.5 Å². The lowest BCUT2D eigenvalue weighted by Gasteiger charge is -2.25. The van der Waals surface area contributed by atoms with Gasteiger partial charge in [-0.1, -0.05) is 23.4 Å². The first kappa shape index (κ1) is 14.6. The monoisotopic (exact) mass is 302 g/mol. The summed E-state index contributed by atoms with van der Waals surface area (Å²) in [6.07, 6.45) is 3.20. The number of nitrogens with zero attached hydrogens (tertiary/aromatic N) is 3. The van der Waals surface area contributed by atoms with Gasteiger partial charge in [-0.25, -0.2) is 4.68 Å². The Labute approximate surface area is 130 Å². The molecule has 0 saturated carbocycles. The lowest BCUT2D eigenvalue weighted by Crippen LogP contribution is -2.24. The number of fused-ring (bicyclic) bond motifs is 1. The van der Waals surface area contributed by atoms with Crippen molar-refractivity contribution in [3.8, 4) is 0 Å². The highest BCUT2D eigenvalue weighted by Gasteiger charge is 2.20. The van der Waals surface area contributed by atoms with Crippen LogP contribution in [0.3, 0.4) is 0 Å². The van der Waals surface area contributed by atoms with Crippen LogP contribution in [0.15, 0.2) is 35.4 Å². The predicted molar refractivity (Wildman–Crippen MR) is 86.4 cm³/mol. The molecule has 5 heteroatoms. The molecule has 0 amide bonds. The van der Waals surface area contributed by atoms with Crippen LogP contribution >= 0.6 is 11.8 Å². The maximum atomic E-state index is 4.27. The van der Waals surface area contributed by atoms with Crippen LogP contribution in [0.4, 0.5) is 0 Å². The molecule has 4 nitrogen and oxygen atoms in total. The molecule has 21 heavy (non-hydrogen) atoms. The van der Waals surface area contributed by atoms with Gasteiger partial charge in [-0.15, -0.1) is 16.9 Å². The van der Waals surface area contributed by atoms with Crippen molar-refractivity contribution in [2.45, 2.75) is 50.2 Å². The van der Waals surface area contributed by atoms with Crippen LogP contribution in [0.5, 0.6) is 0 Å². The maximum absolute atomic E-state index is 4.27. The van der Waals surface area contributed by atoms with E-state index in [1.165, 1.54) is 16.2 Å². The Bertz CT molecular complexity index is 615. The highest BCUT2D eigenvalue weighted by atomic mass is 32.2. The van der Waals surface area contributed by atoms with Crippen LogP contribution in [0.25, 0.3) is 0 Å². The zero-order valence-corrected chi connectivity index (χ0v) is 13.7. The Hall–Kier alpha value is -1.33. The molecule has 1 unspecified atom stereocenters. The number of aromatic nitrogens is 3. The minimum Gasteiger partial charge on any atom is -0.304 e. The van der Waals surface area contributed by atoms with Gasteiger partial charge in [0.2, 0.25) is 0 Å². The molecule has 0 saturated heterocycles. The standard InChI is InChI=1S/C16H22N4S/c1-16(2,3)20-11-12(18-19-20)10-17-14-8-9-21-15-7-5-4-6-13(14)15/h4-7,11,14,17H,8-10H2,1-3H3. The maximum Gasteiger partial charge on any atom is 0.0965 e. The molecule has 1 aromatic carbocycles. The van der Waals surface area contributed by atoms with Gasteiger partial charge in [0.05, 0.1) is 17.4 Å². The number of rotatable bonds is 3. The molecule has 0 aliphatic carbocycles. The van der Waals surface area contributed by atoms with E-state index in [1.807, 2.05) is 22.6 Å². The summed E-state index contributed by atoms with van der Waals surface area (Å²) >= 11 is 1.95. The molecule has 0 spiro atoms.